The number of nitrogen functional groups attached to an aromatic ring is 1. The summed E-state index contributed by atoms with van der Waals surface area (Å²) in [7, 11) is 0. The number of hydrogen-bond acceptors (Lipinski definition) is 7. The number of ether oxygens (including phenoxy) is 3. The number of nitrogens with two attached hydrogens (primary N) is 1. The number of carbonyl (C=O) groups excluding carboxylic acids is 3. The third-order valence-electron chi connectivity index (χ3n) is 6.71. The highest BCUT2D eigenvalue weighted by Gasteiger charge is 2.37. The van der Waals surface area contributed by atoms with E-state index in [4.69, 9.17) is 19.9 Å². The fourth-order valence-electron chi connectivity index (χ4n) is 4.91. The number of nitrogens with zero attached hydrogens (tertiary/aromatic N) is 2. The van der Waals surface area contributed by atoms with E-state index in [1.807, 2.05) is 45.0 Å². The molecule has 2 aromatic rings. The lowest BCUT2D eigenvalue weighted by molar-refractivity contribution is 0.0110. The quantitative estimate of drug-likeness (QED) is 0.507. The first kappa shape index (κ1) is 28.3. The molecule has 2 aliphatic heterocycles. The number of carbonyl (C=O) groups is 3. The van der Waals surface area contributed by atoms with Crippen LogP contribution in [0.2, 0.25) is 0 Å². The van der Waals surface area contributed by atoms with Crippen LogP contribution in [-0.2, 0) is 16.0 Å². The lowest BCUT2D eigenvalue weighted by atomic mass is 9.81. The third-order valence-corrected chi connectivity index (χ3v) is 6.71. The summed E-state index contributed by atoms with van der Waals surface area (Å²) in [5, 5.41) is 0. The lowest BCUT2D eigenvalue weighted by Gasteiger charge is -2.39. The first-order chi connectivity index (χ1) is 18.2. The van der Waals surface area contributed by atoms with Gasteiger partial charge in [-0.25, -0.2) is 14.5 Å². The van der Waals surface area contributed by atoms with Gasteiger partial charge >= 0.3 is 12.2 Å². The second kappa shape index (κ2) is 10.8. The Bertz CT molecular complexity index is 1230. The third kappa shape index (κ3) is 7.02. The van der Waals surface area contributed by atoms with Crippen molar-refractivity contribution in [1.29, 1.82) is 0 Å². The van der Waals surface area contributed by atoms with E-state index in [1.54, 1.807) is 43.9 Å². The predicted molar refractivity (Wildman–Crippen MR) is 148 cm³/mol. The van der Waals surface area contributed by atoms with Gasteiger partial charge in [-0.05, 0) is 89.3 Å². The van der Waals surface area contributed by atoms with Crippen LogP contribution in [0.15, 0.2) is 42.5 Å². The Balaban J connectivity index is 1.48. The second-order valence-corrected chi connectivity index (χ2v) is 12.2. The summed E-state index contributed by atoms with van der Waals surface area (Å²) < 4.78 is 17.2. The maximum absolute atomic E-state index is 13.0. The summed E-state index contributed by atoms with van der Waals surface area (Å²) in [6.45, 7) is 12.4. The molecule has 0 saturated carbocycles. The van der Waals surface area contributed by atoms with Crippen LogP contribution < -0.4 is 10.5 Å². The highest BCUT2D eigenvalue weighted by molar-refractivity contribution is 6.06. The van der Waals surface area contributed by atoms with Gasteiger partial charge < -0.3 is 24.8 Å². The minimum absolute atomic E-state index is 0.0166. The first-order valence-electron chi connectivity index (χ1n) is 13.3. The molecule has 0 radical (unpaired) electrons. The molecule has 0 aliphatic carbocycles. The molecule has 2 aliphatic rings. The van der Waals surface area contributed by atoms with Crippen molar-refractivity contribution in [1.82, 2.24) is 9.80 Å². The van der Waals surface area contributed by atoms with Crippen LogP contribution in [0.1, 0.15) is 75.4 Å². The van der Waals surface area contributed by atoms with Gasteiger partial charge in [0.25, 0.3) is 5.91 Å². The first-order valence-corrected chi connectivity index (χ1v) is 13.3. The van der Waals surface area contributed by atoms with Crippen molar-refractivity contribution in [3.8, 4) is 5.75 Å². The zero-order valence-corrected chi connectivity index (χ0v) is 23.7. The van der Waals surface area contributed by atoms with Crippen LogP contribution in [0, 0.1) is 5.92 Å². The Morgan fingerprint density at radius 2 is 1.59 bits per heavy atom. The molecular weight excluding hydrogens is 498 g/mol. The van der Waals surface area contributed by atoms with Gasteiger partial charge in [0.1, 0.15) is 17.0 Å². The van der Waals surface area contributed by atoms with Gasteiger partial charge in [-0.1, -0.05) is 18.2 Å². The molecule has 210 valence electrons. The average molecular weight is 538 g/mol. The fourth-order valence-corrected chi connectivity index (χ4v) is 4.91. The van der Waals surface area contributed by atoms with Crippen molar-refractivity contribution < 1.29 is 28.6 Å². The summed E-state index contributed by atoms with van der Waals surface area (Å²) in [5.41, 5.74) is 7.62. The van der Waals surface area contributed by atoms with Crippen LogP contribution in [0.25, 0.3) is 0 Å². The molecule has 39 heavy (non-hydrogen) atoms. The number of fused-ring (bicyclic) bond motifs is 1. The van der Waals surface area contributed by atoms with Crippen molar-refractivity contribution in [3.05, 3.63) is 59.2 Å². The lowest BCUT2D eigenvalue weighted by Crippen LogP contribution is -2.46. The number of hydrogen-bond donors (Lipinski definition) is 1. The molecule has 9 heteroatoms. The van der Waals surface area contributed by atoms with E-state index < -0.39 is 23.2 Å². The minimum Gasteiger partial charge on any atom is -0.493 e. The number of imide groups is 1. The molecule has 4 rings (SSSR count). The number of anilines is 1. The number of rotatable bonds is 4. The SMILES string of the molecule is CC(C)(C)OC(=O)N1CC[C@@H](c2ccc(N)cc2)[C@H](COc2ccc3c(c2)C(=O)N(C(=O)OC(C)(C)C)C3)C1. The number of amides is 3. The molecule has 2 heterocycles. The summed E-state index contributed by atoms with van der Waals surface area (Å²) in [4.78, 5) is 41.2. The van der Waals surface area contributed by atoms with Gasteiger partial charge in [-0.3, -0.25) is 4.79 Å². The zero-order chi connectivity index (χ0) is 28.5. The average Bonchev–Trinajstić information content (AvgIpc) is 3.17. The van der Waals surface area contributed by atoms with Crippen molar-refractivity contribution in [2.75, 3.05) is 25.4 Å². The van der Waals surface area contributed by atoms with Gasteiger partial charge in [0, 0.05) is 30.3 Å². The maximum Gasteiger partial charge on any atom is 0.417 e. The van der Waals surface area contributed by atoms with E-state index in [1.165, 1.54) is 0 Å². The number of piperidine rings is 1. The highest BCUT2D eigenvalue weighted by Crippen LogP contribution is 2.35. The summed E-state index contributed by atoms with van der Waals surface area (Å²) >= 11 is 0. The molecule has 0 unspecified atom stereocenters. The van der Waals surface area contributed by atoms with Crippen LogP contribution in [0.4, 0.5) is 15.3 Å². The van der Waals surface area contributed by atoms with E-state index in [9.17, 15) is 14.4 Å². The maximum atomic E-state index is 13.0. The summed E-state index contributed by atoms with van der Waals surface area (Å²) in [6.07, 6.45) is -0.249. The fraction of sp³-hybridized carbons (Fsp3) is 0.500. The molecule has 1 saturated heterocycles. The van der Waals surface area contributed by atoms with Gasteiger partial charge in [0.2, 0.25) is 0 Å². The number of benzene rings is 2. The molecule has 2 N–H and O–H groups in total. The van der Waals surface area contributed by atoms with E-state index in [2.05, 4.69) is 0 Å². The van der Waals surface area contributed by atoms with Gasteiger partial charge in [-0.15, -0.1) is 0 Å². The minimum atomic E-state index is -0.700. The Morgan fingerprint density at radius 3 is 2.23 bits per heavy atom. The highest BCUT2D eigenvalue weighted by atomic mass is 16.6. The normalized spacial score (nSPS) is 19.5. The molecule has 9 nitrogen and oxygen atoms in total. The topological polar surface area (TPSA) is 111 Å². The van der Waals surface area contributed by atoms with Crippen molar-refractivity contribution >= 4 is 23.8 Å². The molecule has 0 spiro atoms. The van der Waals surface area contributed by atoms with Crippen molar-refractivity contribution in [2.45, 2.75) is 71.6 Å². The molecular formula is C30H39N3O6. The smallest absolute Gasteiger partial charge is 0.417 e. The molecule has 3 amide bonds. The van der Waals surface area contributed by atoms with Crippen LogP contribution in [0.5, 0.6) is 5.75 Å². The predicted octanol–water partition coefficient (Wildman–Crippen LogP) is 5.58. The Morgan fingerprint density at radius 1 is 0.949 bits per heavy atom. The van der Waals surface area contributed by atoms with Crippen LogP contribution in [-0.4, -0.2) is 58.8 Å². The van der Waals surface area contributed by atoms with E-state index >= 15 is 0 Å². The van der Waals surface area contributed by atoms with Crippen molar-refractivity contribution in [2.24, 2.45) is 5.92 Å². The van der Waals surface area contributed by atoms with E-state index in [0.717, 1.165) is 22.4 Å². The monoisotopic (exact) mass is 537 g/mol. The van der Waals surface area contributed by atoms with E-state index in [-0.39, 0.29) is 24.5 Å². The van der Waals surface area contributed by atoms with Gasteiger partial charge in [0.05, 0.1) is 13.2 Å². The van der Waals surface area contributed by atoms with Crippen LogP contribution in [0.3, 0.4) is 0 Å². The van der Waals surface area contributed by atoms with Gasteiger partial charge in [0.15, 0.2) is 0 Å². The number of likely N-dealkylation sites (tertiary alicyclic amines) is 1. The summed E-state index contributed by atoms with van der Waals surface area (Å²) in [6, 6.07) is 13.1. The van der Waals surface area contributed by atoms with Gasteiger partial charge in [-0.2, -0.15) is 0 Å². The molecule has 2 atom stereocenters. The standard InChI is InChI=1S/C30H39N3O6/c1-29(2,3)38-27(35)32-14-13-24(19-7-10-22(31)11-8-19)21(16-32)18-37-23-12-9-20-17-33(26(34)25(20)15-23)28(36)39-30(4,5)6/h7-12,15,21,24H,13-14,16-18,31H2,1-6H3/t21-,24-/m0/s1. The van der Waals surface area contributed by atoms with Crippen LogP contribution >= 0.6 is 0 Å². The van der Waals surface area contributed by atoms with Crippen molar-refractivity contribution in [3.63, 3.8) is 0 Å². The second-order valence-electron chi connectivity index (χ2n) is 12.2. The Kier molecular flexibility index (Phi) is 7.82. The summed E-state index contributed by atoms with van der Waals surface area (Å²) in [5.74, 6) is 0.261. The largest absolute Gasteiger partial charge is 0.493 e. The zero-order valence-electron chi connectivity index (χ0n) is 23.7. The molecule has 0 aromatic heterocycles. The Labute approximate surface area is 230 Å². The molecule has 1 fully saturated rings. The Hall–Kier alpha value is -3.75. The molecule has 2 aromatic carbocycles. The molecule has 0 bridgehead atoms. The van der Waals surface area contributed by atoms with E-state index in [0.29, 0.717) is 36.7 Å².